The molecular weight excluding hydrogens is 202 g/mol. The molecule has 1 saturated carbocycles. The first-order valence-electron chi connectivity index (χ1n) is 4.73. The first-order valence-corrected chi connectivity index (χ1v) is 4.73. The summed E-state index contributed by atoms with van der Waals surface area (Å²) in [6.07, 6.45) is 1.85. The summed E-state index contributed by atoms with van der Waals surface area (Å²) in [6.45, 7) is -0.654. The summed E-state index contributed by atoms with van der Waals surface area (Å²) in [4.78, 5) is 21.2. The number of carbonyl (C=O) groups excluding carboxylic acids is 1. The predicted molar refractivity (Wildman–Crippen MR) is 50.4 cm³/mol. The number of rotatable bonds is 6. The topological polar surface area (TPSA) is 84.9 Å². The number of methoxy groups -OCH3 is 1. The van der Waals surface area contributed by atoms with Gasteiger partial charge in [0.1, 0.15) is 13.2 Å². The molecule has 0 atom stereocenters. The highest BCUT2D eigenvalue weighted by molar-refractivity contribution is 5.78. The molecule has 1 rings (SSSR count). The molecule has 0 aromatic carbocycles. The number of amides is 1. The fourth-order valence-corrected chi connectivity index (χ4v) is 1.38. The number of carbonyl (C=O) groups is 2. The summed E-state index contributed by atoms with van der Waals surface area (Å²) in [5.74, 6) is -1.36. The Bertz CT molecular complexity index is 237. The second-order valence-electron chi connectivity index (χ2n) is 3.48. The van der Waals surface area contributed by atoms with E-state index in [0.29, 0.717) is 0 Å². The van der Waals surface area contributed by atoms with Gasteiger partial charge in [0, 0.05) is 13.2 Å². The monoisotopic (exact) mass is 217 g/mol. The lowest BCUT2D eigenvalue weighted by atomic mass is 9.89. The maximum Gasteiger partial charge on any atom is 0.329 e. The summed E-state index contributed by atoms with van der Waals surface area (Å²) < 4.78 is 9.69. The van der Waals surface area contributed by atoms with Crippen molar-refractivity contribution >= 4 is 11.9 Å². The van der Waals surface area contributed by atoms with Crippen LogP contribution in [0.1, 0.15) is 12.8 Å². The van der Waals surface area contributed by atoms with Crippen LogP contribution >= 0.6 is 0 Å². The Kier molecular flexibility index (Phi) is 4.51. The molecule has 6 nitrogen and oxygen atoms in total. The van der Waals surface area contributed by atoms with Gasteiger partial charge in [-0.15, -0.1) is 0 Å². The highest BCUT2D eigenvalue weighted by Gasteiger charge is 2.29. The molecule has 0 radical (unpaired) electrons. The van der Waals surface area contributed by atoms with Gasteiger partial charge >= 0.3 is 5.97 Å². The minimum Gasteiger partial charge on any atom is -0.480 e. The number of carboxylic acids is 1. The van der Waals surface area contributed by atoms with Gasteiger partial charge in [-0.25, -0.2) is 4.79 Å². The van der Waals surface area contributed by atoms with E-state index >= 15 is 0 Å². The van der Waals surface area contributed by atoms with E-state index in [-0.39, 0.29) is 24.7 Å². The van der Waals surface area contributed by atoms with Crippen molar-refractivity contribution in [2.45, 2.75) is 25.0 Å². The van der Waals surface area contributed by atoms with Crippen LogP contribution in [-0.2, 0) is 19.1 Å². The average molecular weight is 217 g/mol. The molecule has 1 aliphatic rings. The van der Waals surface area contributed by atoms with Crippen molar-refractivity contribution in [2.24, 2.45) is 0 Å². The standard InChI is InChI=1S/C9H15NO5/c1-14-7-2-6(3-7)10-8(11)4-15-5-9(12)13/h6-7H,2-5H2,1H3,(H,10,11)(H,12,13). The normalized spacial score (nSPS) is 24.3. The summed E-state index contributed by atoms with van der Waals surface area (Å²) in [5.41, 5.74) is 0. The zero-order chi connectivity index (χ0) is 11.3. The van der Waals surface area contributed by atoms with Gasteiger partial charge in [0.05, 0.1) is 6.10 Å². The third-order valence-corrected chi connectivity index (χ3v) is 2.25. The van der Waals surface area contributed by atoms with E-state index in [1.807, 2.05) is 0 Å². The number of hydrogen-bond donors (Lipinski definition) is 2. The number of ether oxygens (including phenoxy) is 2. The third kappa shape index (κ3) is 4.26. The van der Waals surface area contributed by atoms with Crippen LogP contribution < -0.4 is 5.32 Å². The van der Waals surface area contributed by atoms with Crippen LogP contribution in [0.2, 0.25) is 0 Å². The van der Waals surface area contributed by atoms with Gasteiger partial charge in [-0.05, 0) is 12.8 Å². The molecule has 1 fully saturated rings. The predicted octanol–water partition coefficient (Wildman–Crippen LogP) is -0.619. The molecule has 1 aliphatic carbocycles. The SMILES string of the molecule is COC1CC(NC(=O)COCC(=O)O)C1. The second kappa shape index (κ2) is 5.67. The lowest BCUT2D eigenvalue weighted by Crippen LogP contribution is -2.48. The largest absolute Gasteiger partial charge is 0.480 e. The zero-order valence-electron chi connectivity index (χ0n) is 8.56. The minimum atomic E-state index is -1.08. The molecule has 0 aliphatic heterocycles. The summed E-state index contributed by atoms with van der Waals surface area (Å²) >= 11 is 0. The Hall–Kier alpha value is -1.14. The van der Waals surface area contributed by atoms with E-state index in [1.54, 1.807) is 7.11 Å². The second-order valence-corrected chi connectivity index (χ2v) is 3.48. The fourth-order valence-electron chi connectivity index (χ4n) is 1.38. The molecule has 1 amide bonds. The Morgan fingerprint density at radius 1 is 1.40 bits per heavy atom. The van der Waals surface area contributed by atoms with Crippen molar-refractivity contribution in [2.75, 3.05) is 20.3 Å². The van der Waals surface area contributed by atoms with Crippen LogP contribution in [0.25, 0.3) is 0 Å². The summed E-state index contributed by atoms with van der Waals surface area (Å²) in [5, 5.41) is 11.0. The highest BCUT2D eigenvalue weighted by atomic mass is 16.5. The first-order chi connectivity index (χ1) is 7.11. The van der Waals surface area contributed by atoms with Crippen LogP contribution in [-0.4, -0.2) is 49.5 Å². The summed E-state index contributed by atoms with van der Waals surface area (Å²) in [7, 11) is 1.64. The fraction of sp³-hybridized carbons (Fsp3) is 0.778. The van der Waals surface area contributed by atoms with Crippen LogP contribution in [0.3, 0.4) is 0 Å². The molecule has 0 saturated heterocycles. The van der Waals surface area contributed by atoms with Crippen molar-refractivity contribution < 1.29 is 24.2 Å². The maximum absolute atomic E-state index is 11.2. The van der Waals surface area contributed by atoms with Crippen molar-refractivity contribution in [1.82, 2.24) is 5.32 Å². The smallest absolute Gasteiger partial charge is 0.329 e. The van der Waals surface area contributed by atoms with Gasteiger partial charge in [-0.1, -0.05) is 0 Å². The van der Waals surface area contributed by atoms with Gasteiger partial charge in [0.2, 0.25) is 5.91 Å². The van der Waals surface area contributed by atoms with Crippen LogP contribution in [0, 0.1) is 0 Å². The first kappa shape index (κ1) is 11.9. The van der Waals surface area contributed by atoms with E-state index in [0.717, 1.165) is 12.8 Å². The average Bonchev–Trinajstić information content (AvgIpc) is 2.09. The summed E-state index contributed by atoms with van der Waals surface area (Å²) in [6, 6.07) is 0.135. The Morgan fingerprint density at radius 3 is 2.60 bits per heavy atom. The zero-order valence-corrected chi connectivity index (χ0v) is 8.56. The molecule has 0 aromatic rings. The van der Waals surface area contributed by atoms with Gasteiger partial charge in [-0.2, -0.15) is 0 Å². The number of nitrogens with one attached hydrogen (secondary N) is 1. The van der Waals surface area contributed by atoms with Gasteiger partial charge in [0.25, 0.3) is 0 Å². The quantitative estimate of drug-likeness (QED) is 0.619. The molecule has 0 heterocycles. The minimum absolute atomic E-state index is 0.135. The molecule has 6 heteroatoms. The molecule has 0 unspecified atom stereocenters. The Balaban J connectivity index is 2.02. The van der Waals surface area contributed by atoms with Crippen molar-refractivity contribution in [1.29, 1.82) is 0 Å². The molecule has 2 N–H and O–H groups in total. The highest BCUT2D eigenvalue weighted by Crippen LogP contribution is 2.22. The van der Waals surface area contributed by atoms with E-state index in [9.17, 15) is 9.59 Å². The maximum atomic E-state index is 11.2. The van der Waals surface area contributed by atoms with Crippen molar-refractivity contribution in [3.8, 4) is 0 Å². The van der Waals surface area contributed by atoms with E-state index in [2.05, 4.69) is 10.1 Å². The van der Waals surface area contributed by atoms with E-state index < -0.39 is 12.6 Å². The van der Waals surface area contributed by atoms with Crippen LogP contribution in [0.4, 0.5) is 0 Å². The Labute approximate surface area is 87.5 Å². The number of aliphatic carboxylic acids is 1. The molecule has 0 spiro atoms. The van der Waals surface area contributed by atoms with Crippen molar-refractivity contribution in [3.63, 3.8) is 0 Å². The third-order valence-electron chi connectivity index (χ3n) is 2.25. The van der Waals surface area contributed by atoms with Crippen molar-refractivity contribution in [3.05, 3.63) is 0 Å². The molecule has 15 heavy (non-hydrogen) atoms. The van der Waals surface area contributed by atoms with E-state index in [1.165, 1.54) is 0 Å². The van der Waals surface area contributed by atoms with Crippen LogP contribution in [0.5, 0.6) is 0 Å². The lowest BCUT2D eigenvalue weighted by Gasteiger charge is -2.34. The van der Waals surface area contributed by atoms with Crippen LogP contribution in [0.15, 0.2) is 0 Å². The van der Waals surface area contributed by atoms with Gasteiger partial charge in [0.15, 0.2) is 0 Å². The molecule has 0 aromatic heterocycles. The lowest BCUT2D eigenvalue weighted by molar-refractivity contribution is -0.143. The molecule has 0 bridgehead atoms. The number of carboxylic acid groups (broad SMARTS) is 1. The van der Waals surface area contributed by atoms with E-state index in [4.69, 9.17) is 9.84 Å². The number of hydrogen-bond acceptors (Lipinski definition) is 4. The molecular formula is C9H15NO5. The van der Waals surface area contributed by atoms with Gasteiger partial charge < -0.3 is 19.9 Å². The molecule has 86 valence electrons. The van der Waals surface area contributed by atoms with Gasteiger partial charge in [-0.3, -0.25) is 4.79 Å². The Morgan fingerprint density at radius 2 is 2.07 bits per heavy atom.